The number of ether oxygens (including phenoxy) is 1. The van der Waals surface area contributed by atoms with Crippen molar-refractivity contribution in [3.8, 4) is 5.75 Å². The highest BCUT2D eigenvalue weighted by molar-refractivity contribution is 6.30. The van der Waals surface area contributed by atoms with Crippen LogP contribution in [0.5, 0.6) is 5.75 Å². The Morgan fingerprint density at radius 2 is 1.89 bits per heavy atom. The van der Waals surface area contributed by atoms with Gasteiger partial charge >= 0.3 is 0 Å². The first-order chi connectivity index (χ1) is 13.6. The molecule has 0 unspecified atom stereocenters. The molecule has 28 heavy (non-hydrogen) atoms. The van der Waals surface area contributed by atoms with E-state index in [0.717, 1.165) is 29.0 Å². The van der Waals surface area contributed by atoms with Gasteiger partial charge in [0, 0.05) is 18.1 Å². The van der Waals surface area contributed by atoms with E-state index in [9.17, 15) is 4.79 Å². The normalized spacial score (nSPS) is 10.4. The van der Waals surface area contributed by atoms with Crippen molar-refractivity contribution in [1.82, 2.24) is 10.3 Å². The highest BCUT2D eigenvalue weighted by Gasteiger charge is 2.07. The minimum Gasteiger partial charge on any atom is -0.497 e. The van der Waals surface area contributed by atoms with Crippen molar-refractivity contribution in [2.45, 2.75) is 13.0 Å². The third-order valence-corrected chi connectivity index (χ3v) is 4.49. The average Bonchev–Trinajstić information content (AvgIpc) is 2.74. The van der Waals surface area contributed by atoms with Gasteiger partial charge in [-0.3, -0.25) is 4.79 Å². The highest BCUT2D eigenvalue weighted by atomic mass is 35.5. The quantitative estimate of drug-likeness (QED) is 0.596. The summed E-state index contributed by atoms with van der Waals surface area (Å²) >= 11 is 5.89. The van der Waals surface area contributed by atoms with Crippen molar-refractivity contribution >= 4 is 23.2 Å². The fourth-order valence-electron chi connectivity index (χ4n) is 2.68. The van der Waals surface area contributed by atoms with Crippen LogP contribution in [0.3, 0.4) is 0 Å². The SMILES string of the molecule is COc1cccc(CCNC(=O)c2ccc(NCc3ccc(Cl)cc3)cn2)c1. The predicted octanol–water partition coefficient (Wildman–Crippen LogP) is 4.33. The topological polar surface area (TPSA) is 63.2 Å². The first-order valence-electron chi connectivity index (χ1n) is 8.99. The molecule has 0 spiro atoms. The van der Waals surface area contributed by atoms with E-state index in [2.05, 4.69) is 15.6 Å². The summed E-state index contributed by atoms with van der Waals surface area (Å²) in [6, 6.07) is 19.0. The summed E-state index contributed by atoms with van der Waals surface area (Å²) in [4.78, 5) is 16.5. The molecule has 2 N–H and O–H groups in total. The molecule has 0 atom stereocenters. The lowest BCUT2D eigenvalue weighted by Gasteiger charge is -2.08. The van der Waals surface area contributed by atoms with Gasteiger partial charge in [0.25, 0.3) is 5.91 Å². The van der Waals surface area contributed by atoms with Crippen LogP contribution in [0.25, 0.3) is 0 Å². The summed E-state index contributed by atoms with van der Waals surface area (Å²) in [7, 11) is 1.64. The van der Waals surface area contributed by atoms with Gasteiger partial charge in [-0.15, -0.1) is 0 Å². The molecule has 0 saturated heterocycles. The molecule has 0 radical (unpaired) electrons. The first-order valence-corrected chi connectivity index (χ1v) is 9.37. The van der Waals surface area contributed by atoms with Gasteiger partial charge in [0.1, 0.15) is 11.4 Å². The number of hydrogen-bond acceptors (Lipinski definition) is 4. The zero-order valence-electron chi connectivity index (χ0n) is 15.6. The molecule has 0 fully saturated rings. The smallest absolute Gasteiger partial charge is 0.269 e. The molecule has 6 heteroatoms. The maximum Gasteiger partial charge on any atom is 0.269 e. The number of rotatable bonds is 8. The maximum atomic E-state index is 12.2. The number of carbonyl (C=O) groups excluding carboxylic acids is 1. The van der Waals surface area contributed by atoms with Crippen molar-refractivity contribution in [1.29, 1.82) is 0 Å². The monoisotopic (exact) mass is 395 g/mol. The van der Waals surface area contributed by atoms with Crippen LogP contribution in [0.2, 0.25) is 5.02 Å². The van der Waals surface area contributed by atoms with Gasteiger partial charge in [0.15, 0.2) is 0 Å². The van der Waals surface area contributed by atoms with Gasteiger partial charge < -0.3 is 15.4 Å². The molecule has 0 bridgehead atoms. The fourth-order valence-corrected chi connectivity index (χ4v) is 2.80. The molecule has 0 aliphatic heterocycles. The molecule has 0 saturated carbocycles. The second-order valence-corrected chi connectivity index (χ2v) is 6.71. The van der Waals surface area contributed by atoms with E-state index >= 15 is 0 Å². The van der Waals surface area contributed by atoms with Crippen LogP contribution >= 0.6 is 11.6 Å². The van der Waals surface area contributed by atoms with Crippen LogP contribution in [0.1, 0.15) is 21.6 Å². The number of pyridine rings is 1. The predicted molar refractivity (Wildman–Crippen MR) is 112 cm³/mol. The van der Waals surface area contributed by atoms with Gasteiger partial charge in [-0.1, -0.05) is 35.9 Å². The third kappa shape index (κ3) is 5.72. The lowest BCUT2D eigenvalue weighted by Crippen LogP contribution is -2.26. The Labute approximate surface area is 169 Å². The number of carbonyl (C=O) groups is 1. The highest BCUT2D eigenvalue weighted by Crippen LogP contribution is 2.13. The maximum absolute atomic E-state index is 12.2. The number of amides is 1. The molecule has 3 aromatic rings. The van der Waals surface area contributed by atoms with Crippen LogP contribution < -0.4 is 15.4 Å². The van der Waals surface area contributed by atoms with Crippen molar-refractivity contribution in [3.63, 3.8) is 0 Å². The van der Waals surface area contributed by atoms with Crippen LogP contribution in [-0.2, 0) is 13.0 Å². The summed E-state index contributed by atoms with van der Waals surface area (Å²) in [6.45, 7) is 1.19. The van der Waals surface area contributed by atoms with Crippen molar-refractivity contribution < 1.29 is 9.53 Å². The van der Waals surface area contributed by atoms with E-state index in [4.69, 9.17) is 16.3 Å². The van der Waals surface area contributed by atoms with Crippen LogP contribution in [0.15, 0.2) is 66.9 Å². The average molecular weight is 396 g/mol. The molecular weight excluding hydrogens is 374 g/mol. The molecule has 5 nitrogen and oxygen atoms in total. The van der Waals surface area contributed by atoms with E-state index < -0.39 is 0 Å². The number of benzene rings is 2. The lowest BCUT2D eigenvalue weighted by atomic mass is 10.1. The molecule has 1 aromatic heterocycles. The Hall–Kier alpha value is -3.05. The zero-order valence-corrected chi connectivity index (χ0v) is 16.4. The Balaban J connectivity index is 1.47. The Kier molecular flexibility index (Phi) is 6.87. The van der Waals surface area contributed by atoms with Gasteiger partial charge in [-0.25, -0.2) is 4.98 Å². The van der Waals surface area contributed by atoms with Gasteiger partial charge in [-0.2, -0.15) is 0 Å². The van der Waals surface area contributed by atoms with E-state index in [1.807, 2.05) is 54.6 Å². The molecule has 2 aromatic carbocycles. The molecule has 1 heterocycles. The van der Waals surface area contributed by atoms with Crippen LogP contribution in [-0.4, -0.2) is 24.5 Å². The first kappa shape index (κ1) is 19.7. The summed E-state index contributed by atoms with van der Waals surface area (Å²) in [5.74, 6) is 0.624. The Morgan fingerprint density at radius 3 is 2.61 bits per heavy atom. The minimum atomic E-state index is -0.188. The third-order valence-electron chi connectivity index (χ3n) is 4.24. The van der Waals surface area contributed by atoms with Gasteiger partial charge in [0.2, 0.25) is 0 Å². The zero-order chi connectivity index (χ0) is 19.8. The number of nitrogens with one attached hydrogen (secondary N) is 2. The Bertz CT molecular complexity index is 912. The molecule has 1 amide bonds. The van der Waals surface area contributed by atoms with Crippen LogP contribution in [0, 0.1) is 0 Å². The number of methoxy groups -OCH3 is 1. The van der Waals surface area contributed by atoms with Gasteiger partial charge in [0.05, 0.1) is 19.0 Å². The summed E-state index contributed by atoms with van der Waals surface area (Å²) in [6.07, 6.45) is 2.39. The lowest BCUT2D eigenvalue weighted by molar-refractivity contribution is 0.0949. The Morgan fingerprint density at radius 1 is 1.07 bits per heavy atom. The summed E-state index contributed by atoms with van der Waals surface area (Å²) < 4.78 is 5.21. The second-order valence-electron chi connectivity index (χ2n) is 6.27. The molecule has 0 aliphatic rings. The molecule has 144 valence electrons. The van der Waals surface area contributed by atoms with Gasteiger partial charge in [-0.05, 0) is 53.9 Å². The fraction of sp³-hybridized carbons (Fsp3) is 0.182. The number of nitrogens with zero attached hydrogens (tertiary/aromatic N) is 1. The van der Waals surface area contributed by atoms with Crippen molar-refractivity contribution in [2.75, 3.05) is 19.0 Å². The molecule has 3 rings (SSSR count). The summed E-state index contributed by atoms with van der Waals surface area (Å²) in [5, 5.41) is 6.88. The number of anilines is 1. The van der Waals surface area contributed by atoms with Crippen LogP contribution in [0.4, 0.5) is 5.69 Å². The second kappa shape index (κ2) is 9.76. The van der Waals surface area contributed by atoms with E-state index in [1.54, 1.807) is 19.4 Å². The van der Waals surface area contributed by atoms with Crippen molar-refractivity contribution in [2.24, 2.45) is 0 Å². The number of aromatic nitrogens is 1. The minimum absolute atomic E-state index is 0.188. The van der Waals surface area contributed by atoms with E-state index in [1.165, 1.54) is 0 Å². The largest absolute Gasteiger partial charge is 0.497 e. The molecule has 0 aliphatic carbocycles. The van der Waals surface area contributed by atoms with Crippen molar-refractivity contribution in [3.05, 3.63) is 88.7 Å². The number of halogens is 1. The van der Waals surface area contributed by atoms with E-state index in [0.29, 0.717) is 23.8 Å². The van der Waals surface area contributed by atoms with E-state index in [-0.39, 0.29) is 5.91 Å². The summed E-state index contributed by atoms with van der Waals surface area (Å²) in [5.41, 5.74) is 3.46. The number of hydrogen-bond donors (Lipinski definition) is 2. The molecular formula is C22H22ClN3O2. The standard InChI is InChI=1S/C22H22ClN3O2/c1-28-20-4-2-3-16(13-20)11-12-24-22(27)21-10-9-19(15-26-21)25-14-17-5-7-18(23)8-6-17/h2-10,13,15,25H,11-12,14H2,1H3,(H,24,27).